The molecule has 0 aromatic heterocycles. The van der Waals surface area contributed by atoms with Crippen LogP contribution >= 0.6 is 0 Å². The molecule has 1 aliphatic heterocycles. The highest BCUT2D eigenvalue weighted by Gasteiger charge is 2.32. The fourth-order valence-electron chi connectivity index (χ4n) is 5.04. The van der Waals surface area contributed by atoms with Crippen LogP contribution in [0.5, 0.6) is 11.5 Å². The Morgan fingerprint density at radius 2 is 1.60 bits per heavy atom. The first-order chi connectivity index (χ1) is 21.9. The molecule has 2 atom stereocenters. The molecule has 3 aromatic rings. The van der Waals surface area contributed by atoms with Crippen LogP contribution in [-0.4, -0.2) is 74.0 Å². The van der Waals surface area contributed by atoms with Gasteiger partial charge in [0.15, 0.2) is 0 Å². The molecule has 0 unspecified atom stereocenters. The summed E-state index contributed by atoms with van der Waals surface area (Å²) in [6, 6.07) is 23.5. The number of rotatable bonds is 7. The fourth-order valence-corrected chi connectivity index (χ4v) is 5.04. The number of nitrogens with one attached hydrogen (secondary N) is 3. The Morgan fingerprint density at radius 3 is 2.38 bits per heavy atom. The summed E-state index contributed by atoms with van der Waals surface area (Å²) in [5.74, 6) is -0.744. The van der Waals surface area contributed by atoms with Crippen LogP contribution < -0.4 is 25.4 Å². The zero-order chi connectivity index (χ0) is 31.9. The molecule has 1 heterocycles. The molecule has 0 radical (unpaired) electrons. The maximum Gasteiger partial charge on any atom is 0.255 e. The van der Waals surface area contributed by atoms with Crippen molar-refractivity contribution in [1.82, 2.24) is 20.9 Å². The Bertz CT molecular complexity index is 1400. The average Bonchev–Trinajstić information content (AvgIpc) is 3.06. The number of amides is 4. The quantitative estimate of drug-likeness (QED) is 0.350. The lowest BCUT2D eigenvalue weighted by atomic mass is 10.0. The summed E-state index contributed by atoms with van der Waals surface area (Å²) < 4.78 is 11.6. The van der Waals surface area contributed by atoms with E-state index in [2.05, 4.69) is 16.0 Å². The summed E-state index contributed by atoms with van der Waals surface area (Å²) in [5.41, 5.74) is 1.17. The lowest BCUT2D eigenvalue weighted by Gasteiger charge is -2.29. The van der Waals surface area contributed by atoms with E-state index < -0.39 is 29.8 Å². The van der Waals surface area contributed by atoms with Gasteiger partial charge in [-0.25, -0.2) is 0 Å². The smallest absolute Gasteiger partial charge is 0.255 e. The largest absolute Gasteiger partial charge is 0.493 e. The van der Waals surface area contributed by atoms with Crippen molar-refractivity contribution in [2.45, 2.75) is 50.6 Å². The molecule has 45 heavy (non-hydrogen) atoms. The SMILES string of the molecule is CN1C(=O)C[C@@H](C(=O)NCCOc2ccccc2)NC(=O)c2ccccc2OCCCCCCNC(=O)[C@@H]1Cc1ccccc1. The monoisotopic (exact) mass is 614 g/mol. The molecule has 4 rings (SSSR count). The number of para-hydroxylation sites is 2. The predicted octanol–water partition coefficient (Wildman–Crippen LogP) is 3.51. The Morgan fingerprint density at radius 1 is 0.911 bits per heavy atom. The molecule has 0 spiro atoms. The molecule has 1 aliphatic rings. The van der Waals surface area contributed by atoms with Crippen molar-refractivity contribution in [2.24, 2.45) is 0 Å². The summed E-state index contributed by atoms with van der Waals surface area (Å²) in [6.45, 7) is 1.26. The van der Waals surface area contributed by atoms with Crippen LogP contribution in [0.4, 0.5) is 0 Å². The number of ether oxygens (including phenoxy) is 2. The molecule has 3 aromatic carbocycles. The Kier molecular flexibility index (Phi) is 12.8. The van der Waals surface area contributed by atoms with Crippen LogP contribution in [0.25, 0.3) is 0 Å². The van der Waals surface area contributed by atoms with Crippen LogP contribution in [-0.2, 0) is 20.8 Å². The third-order valence-corrected chi connectivity index (χ3v) is 7.61. The highest BCUT2D eigenvalue weighted by molar-refractivity contribution is 6.01. The molecular formula is C35H42N4O6. The molecule has 0 saturated carbocycles. The van der Waals surface area contributed by atoms with Crippen LogP contribution in [0.3, 0.4) is 0 Å². The van der Waals surface area contributed by atoms with E-state index in [0.717, 1.165) is 31.2 Å². The summed E-state index contributed by atoms with van der Waals surface area (Å²) in [7, 11) is 1.56. The van der Waals surface area contributed by atoms with Gasteiger partial charge in [-0.3, -0.25) is 19.2 Å². The van der Waals surface area contributed by atoms with Crippen molar-refractivity contribution in [1.29, 1.82) is 0 Å². The molecule has 10 nitrogen and oxygen atoms in total. The summed E-state index contributed by atoms with van der Waals surface area (Å²) in [4.78, 5) is 55.4. The number of fused-ring (bicyclic) bond motifs is 1. The first-order valence-corrected chi connectivity index (χ1v) is 15.5. The van der Waals surface area contributed by atoms with Crippen molar-refractivity contribution in [2.75, 3.05) is 33.4 Å². The Balaban J connectivity index is 1.54. The van der Waals surface area contributed by atoms with Gasteiger partial charge in [0.1, 0.15) is 30.2 Å². The number of carbonyl (C=O) groups excluding carboxylic acids is 4. The maximum atomic E-state index is 13.7. The second-order valence-electron chi connectivity index (χ2n) is 10.9. The average molecular weight is 615 g/mol. The maximum absolute atomic E-state index is 13.7. The molecule has 0 saturated heterocycles. The van der Waals surface area contributed by atoms with Crippen molar-refractivity contribution >= 4 is 23.6 Å². The normalized spacial score (nSPS) is 18.7. The number of nitrogens with zero attached hydrogens (tertiary/aromatic N) is 1. The van der Waals surface area contributed by atoms with E-state index in [4.69, 9.17) is 9.47 Å². The zero-order valence-corrected chi connectivity index (χ0v) is 25.7. The summed E-state index contributed by atoms with van der Waals surface area (Å²) >= 11 is 0. The number of benzene rings is 3. The van der Waals surface area contributed by atoms with Crippen molar-refractivity contribution < 1.29 is 28.7 Å². The number of carbonyl (C=O) groups is 4. The van der Waals surface area contributed by atoms with Crippen LogP contribution in [0.1, 0.15) is 48.0 Å². The lowest BCUT2D eigenvalue weighted by molar-refractivity contribution is -0.140. The van der Waals surface area contributed by atoms with Gasteiger partial charge in [-0.05, 0) is 42.7 Å². The van der Waals surface area contributed by atoms with Gasteiger partial charge in [0.25, 0.3) is 5.91 Å². The van der Waals surface area contributed by atoms with E-state index in [0.29, 0.717) is 31.1 Å². The summed E-state index contributed by atoms with van der Waals surface area (Å²) in [5, 5.41) is 8.50. The second-order valence-corrected chi connectivity index (χ2v) is 10.9. The van der Waals surface area contributed by atoms with Gasteiger partial charge in [0.2, 0.25) is 17.7 Å². The van der Waals surface area contributed by atoms with Gasteiger partial charge in [0, 0.05) is 20.0 Å². The lowest BCUT2D eigenvalue weighted by Crippen LogP contribution is -2.53. The fraction of sp³-hybridized carbons (Fsp3) is 0.371. The van der Waals surface area contributed by atoms with Crippen molar-refractivity contribution in [3.63, 3.8) is 0 Å². The minimum Gasteiger partial charge on any atom is -0.493 e. The molecule has 0 aliphatic carbocycles. The topological polar surface area (TPSA) is 126 Å². The van der Waals surface area contributed by atoms with Crippen LogP contribution in [0.2, 0.25) is 0 Å². The van der Waals surface area contributed by atoms with Gasteiger partial charge in [-0.15, -0.1) is 0 Å². The molecule has 4 amide bonds. The van der Waals surface area contributed by atoms with Crippen LogP contribution in [0, 0.1) is 0 Å². The number of hydrogen-bond donors (Lipinski definition) is 3. The highest BCUT2D eigenvalue weighted by Crippen LogP contribution is 2.19. The van der Waals surface area contributed by atoms with Gasteiger partial charge < -0.3 is 30.3 Å². The van der Waals surface area contributed by atoms with Gasteiger partial charge in [-0.2, -0.15) is 0 Å². The molecule has 0 bridgehead atoms. The van der Waals surface area contributed by atoms with Gasteiger partial charge in [0.05, 0.1) is 25.1 Å². The van der Waals surface area contributed by atoms with E-state index >= 15 is 0 Å². The Labute approximate surface area is 264 Å². The predicted molar refractivity (Wildman–Crippen MR) is 171 cm³/mol. The van der Waals surface area contributed by atoms with E-state index in [1.54, 1.807) is 31.3 Å². The Hall–Kier alpha value is -4.86. The minimum absolute atomic E-state index is 0.156. The first kappa shape index (κ1) is 33.0. The van der Waals surface area contributed by atoms with Gasteiger partial charge >= 0.3 is 0 Å². The van der Waals surface area contributed by atoms with E-state index in [9.17, 15) is 19.2 Å². The van der Waals surface area contributed by atoms with E-state index in [1.807, 2.05) is 60.7 Å². The minimum atomic E-state index is -1.21. The van der Waals surface area contributed by atoms with Crippen molar-refractivity contribution in [3.8, 4) is 11.5 Å². The molecule has 238 valence electrons. The summed E-state index contributed by atoms with van der Waals surface area (Å²) in [6.07, 6.45) is 3.32. The first-order valence-electron chi connectivity index (χ1n) is 15.5. The van der Waals surface area contributed by atoms with Gasteiger partial charge in [-0.1, -0.05) is 73.5 Å². The number of hydrogen-bond acceptors (Lipinski definition) is 6. The molecule has 10 heteroatoms. The molecule has 3 N–H and O–H groups in total. The molecule has 0 fully saturated rings. The van der Waals surface area contributed by atoms with E-state index in [-0.39, 0.29) is 31.0 Å². The number of likely N-dealkylation sites (N-methyl/N-ethyl adjacent to an activating group) is 1. The third kappa shape index (κ3) is 10.4. The second kappa shape index (κ2) is 17.4. The highest BCUT2D eigenvalue weighted by atomic mass is 16.5. The van der Waals surface area contributed by atoms with E-state index in [1.165, 1.54) is 4.90 Å². The van der Waals surface area contributed by atoms with Crippen LogP contribution in [0.15, 0.2) is 84.9 Å². The standard InChI is InChI=1S/C35H42N4O6/c1-39-30(24-26-14-6-4-7-15-26)35(43)36-20-12-2-3-13-22-45-31-19-11-10-18-28(31)33(41)38-29(25-32(39)40)34(42)37-21-23-44-27-16-8-5-9-17-27/h4-11,14-19,29-30H,2-3,12-13,20-25H2,1H3,(H,36,43)(H,37,42)(H,38,41)/t29-,30-/m0/s1. The third-order valence-electron chi connectivity index (χ3n) is 7.61. The zero-order valence-electron chi connectivity index (χ0n) is 25.7. The molecular weight excluding hydrogens is 572 g/mol. The van der Waals surface area contributed by atoms with Crippen molar-refractivity contribution in [3.05, 3.63) is 96.1 Å².